The van der Waals surface area contributed by atoms with Crippen molar-refractivity contribution < 1.29 is 0 Å². The first kappa shape index (κ1) is 36.7. The molecule has 1 heterocycles. The maximum absolute atomic E-state index is 5.73. The van der Waals surface area contributed by atoms with Gasteiger partial charge in [-0.15, -0.1) is 11.3 Å². The molecule has 39 heavy (non-hydrogen) atoms. The third-order valence-corrected chi connectivity index (χ3v) is 10.4. The van der Waals surface area contributed by atoms with Gasteiger partial charge in [0.25, 0.3) is 0 Å². The maximum atomic E-state index is 5.73. The Bertz CT molecular complexity index is 606. The van der Waals surface area contributed by atoms with Crippen LogP contribution in [0.2, 0.25) is 0 Å². The van der Waals surface area contributed by atoms with E-state index in [4.69, 9.17) is 4.98 Å². The van der Waals surface area contributed by atoms with Crippen LogP contribution in [-0.4, -0.2) is 4.98 Å². The molecule has 0 aromatic carbocycles. The van der Waals surface area contributed by atoms with Crippen LogP contribution in [0.3, 0.4) is 0 Å². The molecule has 3 atom stereocenters. The van der Waals surface area contributed by atoms with Crippen LogP contribution in [-0.2, 0) is 0 Å². The molecule has 3 unspecified atom stereocenters. The summed E-state index contributed by atoms with van der Waals surface area (Å²) in [5, 5.41) is 1.53. The van der Waals surface area contributed by atoms with Crippen LogP contribution in [0.15, 0.2) is 0 Å². The summed E-state index contributed by atoms with van der Waals surface area (Å²) in [5.41, 5.74) is 1.59. The van der Waals surface area contributed by atoms with Gasteiger partial charge in [0.1, 0.15) is 0 Å². The monoisotopic (exact) mass is 562 g/mol. The predicted molar refractivity (Wildman–Crippen MR) is 180 cm³/mol. The van der Waals surface area contributed by atoms with Crippen LogP contribution in [0.4, 0.5) is 0 Å². The first-order valence-corrected chi connectivity index (χ1v) is 19.0. The Morgan fingerprint density at radius 3 is 1.23 bits per heavy atom. The summed E-state index contributed by atoms with van der Waals surface area (Å²) in [5.74, 6) is 2.14. The second-order valence-corrected chi connectivity index (χ2v) is 13.8. The Morgan fingerprint density at radius 2 is 0.769 bits per heavy atom. The standard InChI is InChI=1S/C37H71NS/c1-7-13-19-24-28-32(27-21-15-9-3)35-36(33(29-22-16-10-4)30-25-20-14-8-2)39-37(38-35)34(26-18-12-6)31-23-17-11-5/h32-34H,7-31H2,1-6H3. The van der Waals surface area contributed by atoms with Crippen molar-refractivity contribution in [1.82, 2.24) is 4.98 Å². The van der Waals surface area contributed by atoms with E-state index in [0.29, 0.717) is 11.8 Å². The van der Waals surface area contributed by atoms with Crippen molar-refractivity contribution in [3.63, 3.8) is 0 Å². The third kappa shape index (κ3) is 16.0. The zero-order valence-electron chi connectivity index (χ0n) is 27.8. The molecule has 1 aromatic rings. The minimum atomic E-state index is 0.695. The van der Waals surface area contributed by atoms with Crippen LogP contribution in [0, 0.1) is 0 Å². The Kier molecular flexibility index (Phi) is 23.8. The van der Waals surface area contributed by atoms with E-state index in [-0.39, 0.29) is 0 Å². The molecule has 0 amide bonds. The Labute approximate surface area is 251 Å². The zero-order chi connectivity index (χ0) is 28.6. The molecule has 230 valence electrons. The van der Waals surface area contributed by atoms with Gasteiger partial charge in [0.2, 0.25) is 0 Å². The smallest absolute Gasteiger partial charge is 0.0962 e. The van der Waals surface area contributed by atoms with E-state index in [1.54, 1.807) is 10.6 Å². The normalized spacial score (nSPS) is 14.1. The molecule has 0 N–H and O–H groups in total. The van der Waals surface area contributed by atoms with Crippen LogP contribution in [0.25, 0.3) is 0 Å². The number of rotatable bonds is 28. The first-order chi connectivity index (χ1) is 19.2. The van der Waals surface area contributed by atoms with E-state index < -0.39 is 0 Å². The summed E-state index contributed by atoms with van der Waals surface area (Å²) in [4.78, 5) is 7.49. The lowest BCUT2D eigenvalue weighted by Gasteiger charge is -2.22. The maximum Gasteiger partial charge on any atom is 0.0962 e. The second-order valence-electron chi connectivity index (χ2n) is 12.7. The molecule has 1 rings (SSSR count). The van der Waals surface area contributed by atoms with Crippen molar-refractivity contribution in [3.05, 3.63) is 15.6 Å². The lowest BCUT2D eigenvalue weighted by Crippen LogP contribution is -2.08. The van der Waals surface area contributed by atoms with Gasteiger partial charge < -0.3 is 0 Å². The van der Waals surface area contributed by atoms with Crippen molar-refractivity contribution in [2.45, 2.75) is 220 Å². The Hall–Kier alpha value is -0.370. The SMILES string of the molecule is CCCCCCC(CCCCC)c1nc(C(CCCC)CCCCC)sc1C(CCCCC)CCCCCC. The van der Waals surface area contributed by atoms with Gasteiger partial charge in [-0.05, 0) is 44.4 Å². The summed E-state index contributed by atoms with van der Waals surface area (Å²) in [7, 11) is 0. The molecular weight excluding hydrogens is 490 g/mol. The van der Waals surface area contributed by atoms with E-state index >= 15 is 0 Å². The van der Waals surface area contributed by atoms with Gasteiger partial charge in [0, 0.05) is 16.7 Å². The minimum absolute atomic E-state index is 0.695. The van der Waals surface area contributed by atoms with E-state index in [9.17, 15) is 0 Å². The summed E-state index contributed by atoms with van der Waals surface area (Å²) >= 11 is 2.21. The Balaban J connectivity index is 3.40. The van der Waals surface area contributed by atoms with Crippen molar-refractivity contribution in [3.8, 4) is 0 Å². The fraction of sp³-hybridized carbons (Fsp3) is 0.919. The van der Waals surface area contributed by atoms with Crippen molar-refractivity contribution in [1.29, 1.82) is 0 Å². The van der Waals surface area contributed by atoms with Crippen molar-refractivity contribution in [2.75, 3.05) is 0 Å². The predicted octanol–water partition coefficient (Wildman–Crippen LogP) is 14.3. The highest BCUT2D eigenvalue weighted by molar-refractivity contribution is 7.12. The van der Waals surface area contributed by atoms with Gasteiger partial charge in [-0.25, -0.2) is 4.98 Å². The van der Waals surface area contributed by atoms with E-state index in [0.717, 1.165) is 5.92 Å². The molecule has 1 aromatic heterocycles. The first-order valence-electron chi connectivity index (χ1n) is 18.2. The molecule has 0 saturated heterocycles. The summed E-state index contributed by atoms with van der Waals surface area (Å²) in [6.45, 7) is 14.1. The molecule has 0 saturated carbocycles. The molecule has 0 fully saturated rings. The van der Waals surface area contributed by atoms with Crippen LogP contribution in [0.5, 0.6) is 0 Å². The summed E-state index contributed by atoms with van der Waals surface area (Å²) in [6.07, 6.45) is 34.2. The number of thiazole rings is 1. The summed E-state index contributed by atoms with van der Waals surface area (Å²) < 4.78 is 0. The quantitative estimate of drug-likeness (QED) is 0.0927. The van der Waals surface area contributed by atoms with Crippen molar-refractivity contribution in [2.24, 2.45) is 0 Å². The highest BCUT2D eigenvalue weighted by Gasteiger charge is 2.28. The molecule has 0 aliphatic heterocycles. The average Bonchev–Trinajstić information content (AvgIpc) is 3.38. The highest BCUT2D eigenvalue weighted by atomic mass is 32.1. The molecule has 0 bridgehead atoms. The molecule has 1 nitrogen and oxygen atoms in total. The summed E-state index contributed by atoms with van der Waals surface area (Å²) in [6, 6.07) is 0. The van der Waals surface area contributed by atoms with Crippen LogP contribution in [0.1, 0.15) is 235 Å². The lowest BCUT2D eigenvalue weighted by molar-refractivity contribution is 0.470. The van der Waals surface area contributed by atoms with E-state index in [1.807, 2.05) is 0 Å². The molecule has 0 aliphatic carbocycles. The number of aromatic nitrogens is 1. The van der Waals surface area contributed by atoms with Crippen molar-refractivity contribution >= 4 is 11.3 Å². The molecule has 0 spiro atoms. The zero-order valence-corrected chi connectivity index (χ0v) is 28.6. The van der Waals surface area contributed by atoms with E-state index in [2.05, 4.69) is 52.9 Å². The van der Waals surface area contributed by atoms with Gasteiger partial charge in [-0.2, -0.15) is 0 Å². The van der Waals surface area contributed by atoms with E-state index in [1.165, 1.54) is 166 Å². The number of hydrogen-bond donors (Lipinski definition) is 0. The minimum Gasteiger partial charge on any atom is -0.245 e. The fourth-order valence-electron chi connectivity index (χ4n) is 6.34. The number of nitrogens with zero attached hydrogens (tertiary/aromatic N) is 1. The molecule has 0 aliphatic rings. The molecule has 0 radical (unpaired) electrons. The van der Waals surface area contributed by atoms with Gasteiger partial charge in [0.15, 0.2) is 0 Å². The van der Waals surface area contributed by atoms with Gasteiger partial charge in [-0.3, -0.25) is 0 Å². The third-order valence-electron chi connectivity index (χ3n) is 8.99. The van der Waals surface area contributed by atoms with Gasteiger partial charge >= 0.3 is 0 Å². The average molecular weight is 562 g/mol. The lowest BCUT2D eigenvalue weighted by atomic mass is 9.86. The highest BCUT2D eigenvalue weighted by Crippen LogP contribution is 2.44. The number of unbranched alkanes of at least 4 members (excludes halogenated alkanes) is 13. The number of hydrogen-bond acceptors (Lipinski definition) is 2. The topological polar surface area (TPSA) is 12.9 Å². The largest absolute Gasteiger partial charge is 0.245 e. The fourth-order valence-corrected chi connectivity index (χ4v) is 7.84. The van der Waals surface area contributed by atoms with Gasteiger partial charge in [-0.1, -0.05) is 164 Å². The van der Waals surface area contributed by atoms with Gasteiger partial charge in [0.05, 0.1) is 10.7 Å². The molecule has 2 heteroatoms. The van der Waals surface area contributed by atoms with Crippen LogP contribution < -0.4 is 0 Å². The molecular formula is C37H71NS. The van der Waals surface area contributed by atoms with Crippen LogP contribution >= 0.6 is 11.3 Å². The Morgan fingerprint density at radius 1 is 0.410 bits per heavy atom. The second kappa shape index (κ2) is 25.3.